The van der Waals surface area contributed by atoms with Crippen LogP contribution in [0, 0.1) is 0 Å². The fraction of sp³-hybridized carbons (Fsp3) is 0. The van der Waals surface area contributed by atoms with Crippen LogP contribution in [0.5, 0.6) is 103 Å². The van der Waals surface area contributed by atoms with Crippen molar-refractivity contribution < 1.29 is 42.6 Å². The van der Waals surface area contributed by atoms with E-state index in [4.69, 9.17) is 42.6 Å². The molecule has 18 heteroatoms. The molecule has 0 bridgehead atoms. The van der Waals surface area contributed by atoms with Crippen molar-refractivity contribution in [3.63, 3.8) is 0 Å². The predicted octanol–water partition coefficient (Wildman–Crippen LogP) is 23.9. The molecule has 0 radical (unpaired) electrons. The molecule has 0 N–H and O–H groups in total. The Morgan fingerprint density at radius 1 is 0.167 bits per heavy atom. The van der Waals surface area contributed by atoms with Crippen LogP contribution in [0.4, 0.5) is 17.1 Å². The van der Waals surface area contributed by atoms with Gasteiger partial charge in [-0.3, -0.25) is 0 Å². The third-order valence-corrected chi connectivity index (χ3v) is 29.3. The first-order valence-corrected chi connectivity index (χ1v) is 45.4. The summed E-state index contributed by atoms with van der Waals surface area (Å²) in [5.41, 5.74) is 26.5. The Labute approximate surface area is 758 Å². The van der Waals surface area contributed by atoms with E-state index in [1.165, 1.54) is 74.9 Å². The molecule has 0 saturated heterocycles. The van der Waals surface area contributed by atoms with Gasteiger partial charge in [0.2, 0.25) is 0 Å². The van der Waals surface area contributed by atoms with E-state index in [9.17, 15) is 0 Å². The van der Waals surface area contributed by atoms with Gasteiger partial charge in [-0.1, -0.05) is 182 Å². The fourth-order valence-corrected chi connectivity index (χ4v) is 24.0. The molecule has 10 aliphatic rings. The first-order valence-electron chi connectivity index (χ1n) is 44.6. The van der Waals surface area contributed by atoms with E-state index in [-0.39, 0.29) is 20.1 Å². The smallest absolute Gasteiger partial charge is 0.270 e. The predicted molar refractivity (Wildman–Crippen MR) is 529 cm³/mol. The summed E-state index contributed by atoms with van der Waals surface area (Å²) >= 11 is 1.80. The molecular formula is C114H62B3N5O9S. The zero-order valence-electron chi connectivity index (χ0n) is 69.8. The monoisotopic (exact) mass is 1710 g/mol. The summed E-state index contributed by atoms with van der Waals surface area (Å²) in [6.07, 6.45) is 0. The summed E-state index contributed by atoms with van der Waals surface area (Å²) in [6, 6.07) is 132. The quantitative estimate of drug-likeness (QED) is 0.154. The number of anilines is 3. The number of hydrogen-bond donors (Lipinski definition) is 0. The van der Waals surface area contributed by atoms with Gasteiger partial charge in [0.05, 0.1) is 72.6 Å². The van der Waals surface area contributed by atoms with E-state index >= 15 is 0 Å². The molecule has 0 saturated carbocycles. The highest BCUT2D eigenvalue weighted by Crippen LogP contribution is 2.56. The minimum Gasteiger partial charge on any atom is -0.458 e. The van der Waals surface area contributed by atoms with Gasteiger partial charge in [0, 0.05) is 150 Å². The maximum atomic E-state index is 6.72. The van der Waals surface area contributed by atoms with Gasteiger partial charge in [-0.25, -0.2) is 0 Å². The van der Waals surface area contributed by atoms with Crippen molar-refractivity contribution in [1.82, 2.24) is 18.3 Å². The minimum absolute atomic E-state index is 0.0143. The average molecular weight is 1710 g/mol. The molecule has 132 heavy (non-hydrogen) atoms. The van der Waals surface area contributed by atoms with Crippen molar-refractivity contribution in [2.24, 2.45) is 0 Å². The van der Waals surface area contributed by atoms with Gasteiger partial charge in [-0.15, -0.1) is 0 Å². The number of nitrogens with zero attached hydrogens (tertiary/aromatic N) is 5. The number of ether oxygens (including phenoxy) is 9. The normalized spacial score (nSPS) is 13.8. The molecule has 0 fully saturated rings. The third-order valence-electron chi connectivity index (χ3n) is 28.2. The molecule has 0 unspecified atom stereocenters. The summed E-state index contributed by atoms with van der Waals surface area (Å²) in [6.45, 7) is -0.00614. The molecule has 4 aromatic heterocycles. The number of benzene rings is 19. The molecule has 0 atom stereocenters. The zero-order valence-corrected chi connectivity index (χ0v) is 70.7. The molecule has 33 rings (SSSR count). The van der Waals surface area contributed by atoms with Crippen LogP contribution in [0.15, 0.2) is 386 Å². The van der Waals surface area contributed by atoms with Crippen LogP contribution in [-0.4, -0.2) is 38.4 Å². The van der Waals surface area contributed by atoms with Crippen molar-refractivity contribution in [3.8, 4) is 126 Å². The lowest BCUT2D eigenvalue weighted by atomic mass is 9.34. The van der Waals surface area contributed by atoms with Crippen LogP contribution in [0.25, 0.3) is 110 Å². The van der Waals surface area contributed by atoms with E-state index in [1.807, 2.05) is 109 Å². The van der Waals surface area contributed by atoms with E-state index < -0.39 is 0 Å². The third kappa shape index (κ3) is 9.70. The Kier molecular flexibility index (Phi) is 14.2. The highest BCUT2D eigenvalue weighted by molar-refractivity contribution is 7.99. The largest absolute Gasteiger partial charge is 0.458 e. The van der Waals surface area contributed by atoms with Gasteiger partial charge < -0.3 is 65.8 Å². The van der Waals surface area contributed by atoms with Crippen molar-refractivity contribution >= 4 is 185 Å². The fourth-order valence-electron chi connectivity index (χ4n) is 23.0. The standard InChI is InChI=1S/2C42H23BN2O3.C30H16BNO3S/c1-2-10-24(11-3-1)44-30-14-6-4-12-26(30)28-23-33-29(22-32(28)44)27-13-5-7-15-31(27)45(33)25-20-38-42-39(21-25)48-37-19-9-17-35-41(37)43(42)40-34(46-35)16-8-18-36(40)47-38;1-2-10-24(11-3-1)44-28-14-6-4-12-26(28)38-30(44)20-21-31-39(38)27-13-5-7-15-29(27)45(31)25-22-36-42-37(23-25)48-35-19-9-17-33-41(35)43(42)40-32(46-33)16-8-18-34(40)47-36;1-3-13-26-18(7-1)32(19-8-2-4-14-27(19)36-26)17-15-24-30-25(16-17)35-23-12-6-10-21-29(23)31(30)28-20(33-21)9-5-11-22(28)34-24/h2*1-23H;1-16H. The van der Waals surface area contributed by atoms with Crippen molar-refractivity contribution in [3.05, 3.63) is 376 Å². The van der Waals surface area contributed by atoms with Crippen LogP contribution in [-0.2, 0) is 0 Å². The molecule has 14 nitrogen and oxygen atoms in total. The number of rotatable bonds is 5. The SMILES string of the molecule is c1cc2c3c(c1)Oc1cc(N4c5ccccc5Sc5ccccc54)cc4c1B3c1c(cccc1O4)O2.c1ccc(-n2c3ccccc3c3c4c5ccccc5n(-c5cc6c7c(c5)Oc5cccc8c5B7c5c(cccc5O6)O8)c4ccc32)cc1.c1ccc(-n2c3ccccc3c3cc4c(cc32)c2ccccc2n4-c2cc3c4c(c2)Oc2cccc5c2B4c2c(cccc2O3)O5)cc1. The Morgan fingerprint density at radius 3 is 0.742 bits per heavy atom. The summed E-state index contributed by atoms with van der Waals surface area (Å²) in [7, 11) is 0. The van der Waals surface area contributed by atoms with Gasteiger partial charge in [-0.05, 0) is 170 Å². The zero-order chi connectivity index (χ0) is 85.6. The van der Waals surface area contributed by atoms with E-state index in [0.717, 1.165) is 215 Å². The molecule has 19 aromatic carbocycles. The van der Waals surface area contributed by atoms with Crippen LogP contribution in [0.1, 0.15) is 0 Å². The van der Waals surface area contributed by atoms with Crippen molar-refractivity contribution in [1.29, 1.82) is 0 Å². The Balaban J connectivity index is 0.0000000943. The molecule has 10 aliphatic heterocycles. The molecule has 0 aliphatic carbocycles. The first-order chi connectivity index (χ1) is 65.4. The maximum Gasteiger partial charge on any atom is 0.270 e. The summed E-state index contributed by atoms with van der Waals surface area (Å²) < 4.78 is 68.5. The number of hydrogen-bond acceptors (Lipinski definition) is 11. The molecule has 612 valence electrons. The summed E-state index contributed by atoms with van der Waals surface area (Å²) in [4.78, 5) is 4.75. The highest BCUT2D eigenvalue weighted by Gasteiger charge is 2.51. The molecule has 14 heterocycles. The molecule has 0 spiro atoms. The van der Waals surface area contributed by atoms with E-state index in [1.54, 1.807) is 11.8 Å². The van der Waals surface area contributed by atoms with Gasteiger partial charge in [-0.2, -0.15) is 0 Å². The number of para-hydroxylation sites is 8. The second kappa shape index (κ2) is 26.3. The molecular weight excluding hydrogens is 1650 g/mol. The van der Waals surface area contributed by atoms with Crippen LogP contribution >= 0.6 is 11.8 Å². The lowest BCUT2D eigenvalue weighted by Gasteiger charge is -2.39. The number of aromatic nitrogens is 4. The van der Waals surface area contributed by atoms with Gasteiger partial charge in [0.1, 0.15) is 103 Å². The van der Waals surface area contributed by atoms with Gasteiger partial charge in [0.15, 0.2) is 0 Å². The van der Waals surface area contributed by atoms with Crippen molar-refractivity contribution in [2.75, 3.05) is 4.90 Å². The van der Waals surface area contributed by atoms with E-state index in [2.05, 4.69) is 290 Å². The Bertz CT molecular complexity index is 8720. The topological polar surface area (TPSA) is 106 Å². The van der Waals surface area contributed by atoms with E-state index in [0.29, 0.717) is 0 Å². The average Bonchev–Trinajstić information content (AvgIpc) is 0.782. The second-order valence-corrected chi connectivity index (χ2v) is 36.1. The lowest BCUT2D eigenvalue weighted by molar-refractivity contribution is 0.442. The summed E-state index contributed by atoms with van der Waals surface area (Å²) in [5, 5.41) is 9.75. The Morgan fingerprint density at radius 2 is 0.409 bits per heavy atom. The van der Waals surface area contributed by atoms with Gasteiger partial charge >= 0.3 is 0 Å². The van der Waals surface area contributed by atoms with Crippen LogP contribution in [0.2, 0.25) is 0 Å². The second-order valence-electron chi connectivity index (χ2n) is 35.0. The molecule has 23 aromatic rings. The van der Waals surface area contributed by atoms with Crippen LogP contribution < -0.4 is 96.7 Å². The maximum absolute atomic E-state index is 6.72. The summed E-state index contributed by atoms with van der Waals surface area (Å²) in [5.74, 6) is 14.9. The number of fused-ring (bicyclic) bond motifs is 15. The Hall–Kier alpha value is -17.1. The lowest BCUT2D eigenvalue weighted by Crippen LogP contribution is -2.59. The van der Waals surface area contributed by atoms with Gasteiger partial charge in [0.25, 0.3) is 20.1 Å². The van der Waals surface area contributed by atoms with Crippen LogP contribution in [0.3, 0.4) is 0 Å². The molecule has 0 amide bonds. The first kappa shape index (κ1) is 71.0. The minimum atomic E-state index is -0.0143. The van der Waals surface area contributed by atoms with Crippen molar-refractivity contribution in [2.45, 2.75) is 9.79 Å². The highest BCUT2D eigenvalue weighted by atomic mass is 32.2.